The van der Waals surface area contributed by atoms with Crippen LogP contribution in [-0.4, -0.2) is 43.9 Å². The van der Waals surface area contributed by atoms with Gasteiger partial charge in [0, 0.05) is 21.8 Å². The van der Waals surface area contributed by atoms with Gasteiger partial charge in [-0.25, -0.2) is 4.79 Å². The van der Waals surface area contributed by atoms with Crippen molar-refractivity contribution in [3.05, 3.63) is 77.9 Å². The van der Waals surface area contributed by atoms with Crippen LogP contribution in [0.5, 0.6) is 11.5 Å². The lowest BCUT2D eigenvalue weighted by Crippen LogP contribution is -2.22. The highest BCUT2D eigenvalue weighted by atomic mass is 32.2. The molecule has 0 aliphatic rings. The van der Waals surface area contributed by atoms with Gasteiger partial charge in [-0.05, 0) is 74.0 Å². The molecule has 0 aliphatic carbocycles. The van der Waals surface area contributed by atoms with E-state index in [0.29, 0.717) is 40.6 Å². The molecular weight excluding hydrogens is 504 g/mol. The highest BCUT2D eigenvalue weighted by molar-refractivity contribution is 8.00. The third-order valence-electron chi connectivity index (χ3n) is 5.54. The van der Waals surface area contributed by atoms with Crippen molar-refractivity contribution >= 4 is 40.9 Å². The molecule has 38 heavy (non-hydrogen) atoms. The Hall–Kier alpha value is -3.98. The molecule has 0 saturated heterocycles. The molecule has 200 valence electrons. The van der Waals surface area contributed by atoms with E-state index < -0.39 is 5.25 Å². The molecule has 1 unspecified atom stereocenters. The summed E-state index contributed by atoms with van der Waals surface area (Å²) < 4.78 is 15.7. The maximum atomic E-state index is 12.8. The van der Waals surface area contributed by atoms with E-state index in [0.717, 1.165) is 17.7 Å². The second-order valence-electron chi connectivity index (χ2n) is 8.37. The minimum absolute atomic E-state index is 0.187. The van der Waals surface area contributed by atoms with E-state index >= 15 is 0 Å². The molecule has 9 heteroatoms. The van der Waals surface area contributed by atoms with Crippen LogP contribution in [0.1, 0.15) is 47.4 Å². The smallest absolute Gasteiger partial charge is 0.338 e. The monoisotopic (exact) mass is 536 g/mol. The average Bonchev–Trinajstić information content (AvgIpc) is 2.93. The zero-order valence-corrected chi connectivity index (χ0v) is 22.7. The van der Waals surface area contributed by atoms with Gasteiger partial charge in [-0.3, -0.25) is 9.59 Å². The molecule has 3 aromatic rings. The summed E-state index contributed by atoms with van der Waals surface area (Å²) in [5, 5.41) is 5.33. The maximum absolute atomic E-state index is 12.8. The first kappa shape index (κ1) is 28.6. The highest BCUT2D eigenvalue weighted by Gasteiger charge is 2.16. The number of methoxy groups -OCH3 is 2. The maximum Gasteiger partial charge on any atom is 0.338 e. The minimum atomic E-state index is -0.412. The van der Waals surface area contributed by atoms with Crippen LogP contribution >= 0.6 is 11.8 Å². The first-order valence-corrected chi connectivity index (χ1v) is 13.1. The van der Waals surface area contributed by atoms with Crippen molar-refractivity contribution in [1.82, 2.24) is 0 Å². The highest BCUT2D eigenvalue weighted by Crippen LogP contribution is 2.29. The molecule has 3 rings (SSSR count). The lowest BCUT2D eigenvalue weighted by molar-refractivity contribution is -0.115. The van der Waals surface area contributed by atoms with Crippen LogP contribution in [0.3, 0.4) is 0 Å². The van der Waals surface area contributed by atoms with Gasteiger partial charge < -0.3 is 24.8 Å². The Bertz CT molecular complexity index is 1260. The Morgan fingerprint density at radius 2 is 1.55 bits per heavy atom. The normalized spacial score (nSPS) is 11.3. The number of hydrogen-bond acceptors (Lipinski definition) is 7. The first-order chi connectivity index (χ1) is 18.3. The molecule has 0 spiro atoms. The molecule has 0 aromatic heterocycles. The van der Waals surface area contributed by atoms with Crippen molar-refractivity contribution in [3.8, 4) is 11.5 Å². The minimum Gasteiger partial charge on any atom is -0.493 e. The number of carbonyl (C=O) groups excluding carboxylic acids is 3. The van der Waals surface area contributed by atoms with Crippen molar-refractivity contribution in [2.75, 3.05) is 31.5 Å². The topological polar surface area (TPSA) is 103 Å². The second-order valence-corrected chi connectivity index (χ2v) is 9.78. The Morgan fingerprint density at radius 3 is 2.24 bits per heavy atom. The van der Waals surface area contributed by atoms with E-state index in [9.17, 15) is 14.4 Å². The summed E-state index contributed by atoms with van der Waals surface area (Å²) in [6, 6.07) is 18.8. The standard InChI is InChI=1S/C29H32N2O6S/c1-5-6-16-37-29(34)20-10-13-22(14-11-20)30-27(32)19(2)38-24-9-7-8-23(18-24)31-28(33)21-12-15-25(35-3)26(17-21)36-4/h7-15,17-19H,5-6,16H2,1-4H3,(H,30,32)(H,31,33). The average molecular weight is 537 g/mol. The Kier molecular flexibility index (Phi) is 10.6. The molecule has 0 bridgehead atoms. The number of unbranched alkanes of at least 4 members (excludes halogenated alkanes) is 1. The number of carbonyl (C=O) groups is 3. The summed E-state index contributed by atoms with van der Waals surface area (Å²) in [6.07, 6.45) is 1.77. The number of thioether (sulfide) groups is 1. The molecule has 3 aromatic carbocycles. The fraction of sp³-hybridized carbons (Fsp3) is 0.276. The molecule has 2 amide bonds. The largest absolute Gasteiger partial charge is 0.493 e. The van der Waals surface area contributed by atoms with Gasteiger partial charge in [-0.2, -0.15) is 0 Å². The lowest BCUT2D eigenvalue weighted by Gasteiger charge is -2.14. The van der Waals surface area contributed by atoms with E-state index in [4.69, 9.17) is 14.2 Å². The molecule has 0 aliphatic heterocycles. The van der Waals surface area contributed by atoms with Gasteiger partial charge in [-0.15, -0.1) is 11.8 Å². The van der Waals surface area contributed by atoms with Gasteiger partial charge in [-0.1, -0.05) is 19.4 Å². The van der Waals surface area contributed by atoms with Crippen LogP contribution < -0.4 is 20.1 Å². The summed E-state index contributed by atoms with van der Waals surface area (Å²) in [5.41, 5.74) is 2.05. The number of benzene rings is 3. The summed E-state index contributed by atoms with van der Waals surface area (Å²) in [4.78, 5) is 38.4. The number of ether oxygens (including phenoxy) is 3. The Morgan fingerprint density at radius 1 is 0.842 bits per heavy atom. The predicted octanol–water partition coefficient (Wildman–Crippen LogP) is 6.03. The van der Waals surface area contributed by atoms with Crippen molar-refractivity contribution in [2.24, 2.45) is 0 Å². The molecule has 2 N–H and O–H groups in total. The number of nitrogens with one attached hydrogen (secondary N) is 2. The summed E-state index contributed by atoms with van der Waals surface area (Å²) in [5.74, 6) is 0.143. The molecule has 1 atom stereocenters. The fourth-order valence-electron chi connectivity index (χ4n) is 3.41. The van der Waals surface area contributed by atoms with Gasteiger partial charge in [0.15, 0.2) is 11.5 Å². The SMILES string of the molecule is CCCCOC(=O)c1ccc(NC(=O)C(C)Sc2cccc(NC(=O)c3ccc(OC)c(OC)c3)c2)cc1. The van der Waals surface area contributed by atoms with Gasteiger partial charge in [0.2, 0.25) is 5.91 Å². The van der Waals surface area contributed by atoms with Crippen LogP contribution in [0, 0.1) is 0 Å². The van der Waals surface area contributed by atoms with Crippen LogP contribution in [0.15, 0.2) is 71.6 Å². The van der Waals surface area contributed by atoms with E-state index in [-0.39, 0.29) is 17.8 Å². The number of esters is 1. The quantitative estimate of drug-likeness (QED) is 0.165. The predicted molar refractivity (Wildman–Crippen MR) is 150 cm³/mol. The van der Waals surface area contributed by atoms with Crippen LogP contribution in [-0.2, 0) is 9.53 Å². The third kappa shape index (κ3) is 8.01. The van der Waals surface area contributed by atoms with Gasteiger partial charge in [0.05, 0.1) is 31.6 Å². The number of anilines is 2. The Labute approximate surface area is 227 Å². The van der Waals surface area contributed by atoms with E-state index in [1.165, 1.54) is 26.0 Å². The van der Waals surface area contributed by atoms with E-state index in [1.807, 2.05) is 25.1 Å². The zero-order chi connectivity index (χ0) is 27.5. The molecular formula is C29H32N2O6S. The van der Waals surface area contributed by atoms with Gasteiger partial charge >= 0.3 is 5.97 Å². The zero-order valence-electron chi connectivity index (χ0n) is 21.9. The molecule has 8 nitrogen and oxygen atoms in total. The van der Waals surface area contributed by atoms with Crippen LogP contribution in [0.4, 0.5) is 11.4 Å². The van der Waals surface area contributed by atoms with Crippen molar-refractivity contribution < 1.29 is 28.6 Å². The van der Waals surface area contributed by atoms with Crippen LogP contribution in [0.25, 0.3) is 0 Å². The summed E-state index contributed by atoms with van der Waals surface area (Å²) >= 11 is 1.36. The van der Waals surface area contributed by atoms with Crippen molar-refractivity contribution in [2.45, 2.75) is 36.8 Å². The van der Waals surface area contributed by atoms with E-state index in [1.54, 1.807) is 55.5 Å². The first-order valence-electron chi connectivity index (χ1n) is 12.2. The molecule has 0 saturated carbocycles. The lowest BCUT2D eigenvalue weighted by atomic mass is 10.2. The van der Waals surface area contributed by atoms with Gasteiger partial charge in [0.25, 0.3) is 5.91 Å². The Balaban J connectivity index is 1.57. The van der Waals surface area contributed by atoms with Crippen molar-refractivity contribution in [1.29, 1.82) is 0 Å². The number of rotatable bonds is 12. The summed E-state index contributed by atoms with van der Waals surface area (Å²) in [7, 11) is 3.05. The summed E-state index contributed by atoms with van der Waals surface area (Å²) in [6.45, 7) is 4.22. The van der Waals surface area contributed by atoms with Crippen LogP contribution in [0.2, 0.25) is 0 Å². The number of hydrogen-bond donors (Lipinski definition) is 2. The van der Waals surface area contributed by atoms with E-state index in [2.05, 4.69) is 10.6 Å². The van der Waals surface area contributed by atoms with Gasteiger partial charge in [0.1, 0.15) is 0 Å². The molecule has 0 heterocycles. The van der Waals surface area contributed by atoms with Crippen molar-refractivity contribution in [3.63, 3.8) is 0 Å². The number of amides is 2. The second kappa shape index (κ2) is 14.1. The molecule has 0 fully saturated rings. The molecule has 0 radical (unpaired) electrons. The third-order valence-corrected chi connectivity index (χ3v) is 6.63. The fourth-order valence-corrected chi connectivity index (χ4v) is 4.34.